The number of hydrogen-bond acceptors (Lipinski definition) is 11. The van der Waals surface area contributed by atoms with E-state index in [0.29, 0.717) is 6.54 Å². The highest BCUT2D eigenvalue weighted by Gasteiger charge is 2.42. The second-order valence-corrected chi connectivity index (χ2v) is 11.0. The number of amides is 2. The zero-order valence-electron chi connectivity index (χ0n) is 22.5. The van der Waals surface area contributed by atoms with E-state index in [0.717, 1.165) is 17.6 Å². The van der Waals surface area contributed by atoms with E-state index < -0.39 is 34.3 Å². The fourth-order valence-corrected chi connectivity index (χ4v) is 5.82. The number of aromatic hydroxyl groups is 1. The van der Waals surface area contributed by atoms with Crippen LogP contribution >= 0.6 is 10.6 Å². The maximum absolute atomic E-state index is 13.3. The number of benzene rings is 1. The van der Waals surface area contributed by atoms with Gasteiger partial charge in [0.2, 0.25) is 5.17 Å². The van der Waals surface area contributed by atoms with Gasteiger partial charge in [-0.15, -0.1) is 0 Å². The summed E-state index contributed by atoms with van der Waals surface area (Å²) in [7, 11) is -0.849. The van der Waals surface area contributed by atoms with Crippen LogP contribution in [-0.4, -0.2) is 78.3 Å². The van der Waals surface area contributed by atoms with E-state index >= 15 is 0 Å². The van der Waals surface area contributed by atoms with Crippen molar-refractivity contribution in [3.05, 3.63) is 41.0 Å². The van der Waals surface area contributed by atoms with E-state index in [-0.39, 0.29) is 52.3 Å². The highest BCUT2D eigenvalue weighted by molar-refractivity contribution is 8.41. The molecule has 3 N–H and O–H groups in total. The first-order chi connectivity index (χ1) is 18.4. The van der Waals surface area contributed by atoms with Gasteiger partial charge in [-0.3, -0.25) is 19.8 Å². The highest BCUT2D eigenvalue weighted by atomic mass is 32.3. The molecule has 39 heavy (non-hydrogen) atoms. The largest absolute Gasteiger partial charge is 0.504 e. The first kappa shape index (κ1) is 29.5. The molecular weight excluding hydrogens is 532 g/mol. The van der Waals surface area contributed by atoms with Crippen molar-refractivity contribution in [1.82, 2.24) is 15.5 Å². The molecule has 0 aromatic heterocycles. The number of carbonyl (C=O) groups excluding carboxylic acids is 4. The molecule has 0 aliphatic carbocycles. The normalized spacial score (nSPS) is 16.8. The Morgan fingerprint density at radius 1 is 1.00 bits per heavy atom. The minimum absolute atomic E-state index is 0.00393. The summed E-state index contributed by atoms with van der Waals surface area (Å²) in [5.74, 6) is -3.57. The Bertz CT molecular complexity index is 1230. The fourth-order valence-electron chi connectivity index (χ4n) is 3.91. The lowest BCUT2D eigenvalue weighted by Crippen LogP contribution is -2.42. The zero-order valence-corrected chi connectivity index (χ0v) is 23.3. The molecule has 13 nitrogen and oxygen atoms in total. The number of nitrogens with zero attached hydrogens (tertiary/aromatic N) is 2. The minimum atomic E-state index is -3.45. The van der Waals surface area contributed by atoms with Gasteiger partial charge in [0.25, 0.3) is 11.8 Å². The summed E-state index contributed by atoms with van der Waals surface area (Å²) in [4.78, 5) is 57.2. The number of carbonyl (C=O) groups is 4. The van der Waals surface area contributed by atoms with E-state index in [4.69, 9.17) is 17.8 Å². The molecule has 0 saturated heterocycles. The maximum atomic E-state index is 13.3. The molecule has 2 aliphatic heterocycles. The van der Waals surface area contributed by atoms with E-state index in [9.17, 15) is 24.3 Å². The predicted molar refractivity (Wildman–Crippen MR) is 143 cm³/mol. The van der Waals surface area contributed by atoms with Crippen molar-refractivity contribution in [3.8, 4) is 17.2 Å². The van der Waals surface area contributed by atoms with Gasteiger partial charge in [-0.05, 0) is 38.3 Å². The van der Waals surface area contributed by atoms with Crippen LogP contribution < -0.4 is 20.1 Å². The Kier molecular flexibility index (Phi) is 9.24. The lowest BCUT2D eigenvalue weighted by atomic mass is 10.1. The SMILES string of the molecule is COc1cc(C(=O)NC2=NC(C(=O)NCCN(C(C)C)C(C)C)=CS23OC(=O)C=CC(=O)O3)c(OC)cc1O. The van der Waals surface area contributed by atoms with Crippen molar-refractivity contribution in [2.45, 2.75) is 39.8 Å². The van der Waals surface area contributed by atoms with Crippen LogP contribution in [0.5, 0.6) is 17.2 Å². The molecule has 0 radical (unpaired) electrons. The van der Waals surface area contributed by atoms with E-state index in [1.807, 2.05) is 0 Å². The molecule has 0 bridgehead atoms. The van der Waals surface area contributed by atoms with Gasteiger partial charge >= 0.3 is 11.9 Å². The number of amidine groups is 1. The third-order valence-electron chi connectivity index (χ3n) is 5.71. The summed E-state index contributed by atoms with van der Waals surface area (Å²) in [6.07, 6.45) is 1.74. The van der Waals surface area contributed by atoms with E-state index in [1.165, 1.54) is 26.4 Å². The Hall–Kier alpha value is -4.04. The summed E-state index contributed by atoms with van der Waals surface area (Å²) >= 11 is 0. The molecule has 1 aromatic rings. The molecule has 2 aliphatic rings. The molecule has 1 spiro atoms. The molecular formula is C25H32N4O9S. The van der Waals surface area contributed by atoms with Gasteiger partial charge in [0, 0.05) is 49.5 Å². The van der Waals surface area contributed by atoms with Crippen molar-refractivity contribution in [2.24, 2.45) is 4.99 Å². The van der Waals surface area contributed by atoms with Crippen LogP contribution in [0.1, 0.15) is 38.1 Å². The lowest BCUT2D eigenvalue weighted by molar-refractivity contribution is -0.129. The predicted octanol–water partition coefficient (Wildman–Crippen LogP) is 1.88. The number of phenols is 1. The summed E-state index contributed by atoms with van der Waals surface area (Å²) in [5.41, 5.74) is -0.284. The second kappa shape index (κ2) is 12.2. The second-order valence-electron chi connectivity index (χ2n) is 8.96. The van der Waals surface area contributed by atoms with E-state index in [1.54, 1.807) is 0 Å². The van der Waals surface area contributed by atoms with Crippen LogP contribution in [-0.2, 0) is 22.7 Å². The van der Waals surface area contributed by atoms with Gasteiger partial charge in [0.1, 0.15) is 11.4 Å². The molecule has 0 atom stereocenters. The summed E-state index contributed by atoms with van der Waals surface area (Å²) in [6, 6.07) is 2.92. The van der Waals surface area contributed by atoms with Crippen LogP contribution in [0.25, 0.3) is 0 Å². The third-order valence-corrected chi connectivity index (χ3v) is 7.80. The Balaban J connectivity index is 1.91. The van der Waals surface area contributed by atoms with Gasteiger partial charge in [0.05, 0.1) is 25.2 Å². The highest BCUT2D eigenvalue weighted by Crippen LogP contribution is 2.58. The van der Waals surface area contributed by atoms with Crippen molar-refractivity contribution in [1.29, 1.82) is 0 Å². The molecule has 2 heterocycles. The Labute approximate surface area is 227 Å². The van der Waals surface area contributed by atoms with Crippen molar-refractivity contribution < 1.29 is 42.1 Å². The first-order valence-electron chi connectivity index (χ1n) is 12.0. The minimum Gasteiger partial charge on any atom is -0.504 e. The topological polar surface area (TPSA) is 165 Å². The number of ether oxygens (including phenoxy) is 2. The van der Waals surface area contributed by atoms with Crippen molar-refractivity contribution in [2.75, 3.05) is 27.3 Å². The Morgan fingerprint density at radius 3 is 2.13 bits per heavy atom. The zero-order chi connectivity index (χ0) is 28.9. The Morgan fingerprint density at radius 2 is 1.59 bits per heavy atom. The van der Waals surface area contributed by atoms with Crippen LogP contribution in [0.4, 0.5) is 0 Å². The summed E-state index contributed by atoms with van der Waals surface area (Å²) in [5, 5.41) is 16.0. The standard InChI is InChI=1S/C25H32N4O9S/c1-14(2)29(15(3)4)10-9-26-24(34)17-13-39(37-21(31)7-8-22(32)38-39)25(27-17)28-23(33)16-11-20(36-6)18(30)12-19(16)35-5/h7-8,11-15,30H,9-10H2,1-6H3,(H,26,34)(H,27,28,33). The number of hydrogen-bond donors (Lipinski definition) is 3. The maximum Gasteiger partial charge on any atom is 0.354 e. The van der Waals surface area contributed by atoms with Gasteiger partial charge in [0.15, 0.2) is 11.5 Å². The van der Waals surface area contributed by atoms with E-state index in [2.05, 4.69) is 48.2 Å². The monoisotopic (exact) mass is 564 g/mol. The third kappa shape index (κ3) is 6.70. The molecule has 0 unspecified atom stereocenters. The molecule has 14 heteroatoms. The average molecular weight is 565 g/mol. The van der Waals surface area contributed by atoms with Crippen molar-refractivity contribution >= 4 is 39.5 Å². The van der Waals surface area contributed by atoms with Gasteiger partial charge in [-0.2, -0.15) is 0 Å². The summed E-state index contributed by atoms with van der Waals surface area (Å²) < 4.78 is 21.0. The van der Waals surface area contributed by atoms with Crippen LogP contribution in [0.3, 0.4) is 0 Å². The number of phenolic OH excluding ortho intramolecular Hbond substituents is 1. The molecule has 1 aromatic carbocycles. The molecule has 0 saturated carbocycles. The van der Waals surface area contributed by atoms with Gasteiger partial charge in [-0.25, -0.2) is 14.6 Å². The molecule has 0 fully saturated rings. The summed E-state index contributed by atoms with van der Waals surface area (Å²) in [6.45, 7) is 9.06. The number of rotatable bonds is 9. The molecule has 212 valence electrons. The first-order valence-corrected chi connectivity index (χ1v) is 13.5. The molecule has 2 amide bonds. The lowest BCUT2D eigenvalue weighted by Gasteiger charge is -2.34. The number of nitrogens with one attached hydrogen (secondary N) is 2. The van der Waals surface area contributed by atoms with Gasteiger partial charge < -0.3 is 28.3 Å². The van der Waals surface area contributed by atoms with Gasteiger partial charge in [-0.1, -0.05) is 0 Å². The van der Waals surface area contributed by atoms with Crippen LogP contribution in [0.15, 0.2) is 40.4 Å². The van der Waals surface area contributed by atoms with Crippen LogP contribution in [0.2, 0.25) is 0 Å². The van der Waals surface area contributed by atoms with Crippen LogP contribution in [0, 0.1) is 0 Å². The number of methoxy groups -OCH3 is 2. The smallest absolute Gasteiger partial charge is 0.354 e. The molecule has 3 rings (SSSR count). The average Bonchev–Trinajstić information content (AvgIpc) is 3.12. The van der Waals surface area contributed by atoms with Crippen molar-refractivity contribution in [3.63, 3.8) is 0 Å². The number of aliphatic imine (C=N–C) groups is 1. The fraction of sp³-hybridized carbons (Fsp3) is 0.400. The quantitative estimate of drug-likeness (QED) is 0.403.